The van der Waals surface area contributed by atoms with Crippen LogP contribution >= 0.6 is 0 Å². The first-order chi connectivity index (χ1) is 12.2. The smallest absolute Gasteiger partial charge is 0.443 e. The minimum Gasteiger partial charge on any atom is -0.443 e. The van der Waals surface area contributed by atoms with Gasteiger partial charge in [0.15, 0.2) is 0 Å². The molecule has 4 aromatic rings. The van der Waals surface area contributed by atoms with Gasteiger partial charge in [-0.1, -0.05) is 48.5 Å². The molecule has 2 aromatic heterocycles. The van der Waals surface area contributed by atoms with E-state index < -0.39 is 14.2 Å². The van der Waals surface area contributed by atoms with Crippen molar-refractivity contribution in [1.82, 2.24) is 9.97 Å². The molecule has 0 bridgehead atoms. The van der Waals surface area contributed by atoms with E-state index in [9.17, 15) is 10.0 Å². The Morgan fingerprint density at radius 2 is 1.08 bits per heavy atom. The molecule has 2 heterocycles. The first-order valence-electron chi connectivity index (χ1n) is 7.93. The molecule has 2 N–H and O–H groups in total. The Hall–Kier alpha value is -2.73. The number of aromatic nitrogens is 2. The molecule has 120 valence electrons. The summed E-state index contributed by atoms with van der Waals surface area (Å²) in [6, 6.07) is 18.4. The lowest BCUT2D eigenvalue weighted by Crippen LogP contribution is -2.45. The third-order valence-corrected chi connectivity index (χ3v) is 4.12. The van der Waals surface area contributed by atoms with Gasteiger partial charge in [-0.05, 0) is 22.9 Å². The molecule has 0 radical (unpaired) electrons. The maximum Gasteiger partial charge on any atom is 0.480 e. The molecule has 0 unspecified atom stereocenters. The zero-order valence-electron chi connectivity index (χ0n) is 13.3. The number of benzene rings is 2. The number of rotatable bonds is 4. The average molecular weight is 328 g/mol. The quantitative estimate of drug-likeness (QED) is 0.544. The Labute approximate surface area is 145 Å². The molecule has 0 fully saturated rings. The maximum atomic E-state index is 10.5. The van der Waals surface area contributed by atoms with E-state index in [0.29, 0.717) is 22.0 Å². The van der Waals surface area contributed by atoms with Crippen molar-refractivity contribution in [2.24, 2.45) is 0 Å². The van der Waals surface area contributed by atoms with Crippen LogP contribution in [0.1, 0.15) is 0 Å². The van der Waals surface area contributed by atoms with Gasteiger partial charge in [-0.15, -0.1) is 0 Å². The molecule has 0 saturated carbocycles. The number of para-hydroxylation sites is 2. The summed E-state index contributed by atoms with van der Waals surface area (Å²) in [5, 5.41) is 22.7. The van der Waals surface area contributed by atoms with E-state index in [0.717, 1.165) is 10.8 Å². The van der Waals surface area contributed by atoms with Crippen LogP contribution in [0.15, 0.2) is 73.1 Å². The van der Waals surface area contributed by atoms with Crippen molar-refractivity contribution in [2.45, 2.75) is 0 Å². The zero-order chi connectivity index (χ0) is 17.2. The predicted molar refractivity (Wildman–Crippen MR) is 99.8 cm³/mol. The molecule has 0 atom stereocenters. The molecule has 0 amide bonds. The van der Waals surface area contributed by atoms with Crippen molar-refractivity contribution in [3.05, 3.63) is 73.1 Å². The minimum absolute atomic E-state index is 0.505. The summed E-state index contributed by atoms with van der Waals surface area (Å²) < 4.78 is 5.47. The highest BCUT2D eigenvalue weighted by molar-refractivity contribution is 6.75. The second-order valence-corrected chi connectivity index (χ2v) is 5.69. The van der Waals surface area contributed by atoms with E-state index in [-0.39, 0.29) is 0 Å². The monoisotopic (exact) mass is 328 g/mol. The second kappa shape index (κ2) is 6.64. The third kappa shape index (κ3) is 3.00. The van der Waals surface area contributed by atoms with Crippen molar-refractivity contribution in [2.75, 3.05) is 0 Å². The van der Waals surface area contributed by atoms with Crippen LogP contribution < -0.4 is 10.9 Å². The second-order valence-electron chi connectivity index (χ2n) is 5.69. The number of fused-ring (bicyclic) bond motifs is 2. The Bertz CT molecular complexity index is 951. The van der Waals surface area contributed by atoms with Gasteiger partial charge in [-0.25, -0.2) is 0 Å². The van der Waals surface area contributed by atoms with E-state index >= 15 is 0 Å². The molecule has 7 heteroatoms. The molecule has 25 heavy (non-hydrogen) atoms. The molecule has 2 aromatic carbocycles. The lowest BCUT2D eigenvalue weighted by atomic mass is 9.70. The van der Waals surface area contributed by atoms with Crippen LogP contribution in [0.2, 0.25) is 0 Å². The van der Waals surface area contributed by atoms with Crippen molar-refractivity contribution < 1.29 is 14.6 Å². The van der Waals surface area contributed by atoms with Gasteiger partial charge in [0.05, 0.1) is 11.0 Å². The topological polar surface area (TPSA) is 75.5 Å². The normalized spacial score (nSPS) is 11.0. The van der Waals surface area contributed by atoms with E-state index in [1.807, 2.05) is 48.5 Å². The van der Waals surface area contributed by atoms with Crippen molar-refractivity contribution in [3.63, 3.8) is 0 Å². The molecule has 4 rings (SSSR count). The van der Waals surface area contributed by atoms with Crippen LogP contribution in [-0.4, -0.2) is 34.3 Å². The van der Waals surface area contributed by atoms with Crippen LogP contribution in [0, 0.1) is 0 Å². The van der Waals surface area contributed by atoms with Crippen LogP contribution in [0.5, 0.6) is 0 Å². The standard InChI is InChI=1S/C18H14B2N2O3/c23-19(15-9-1-5-13-7-3-11-21-17(13)15)25-20(24)16-10-2-6-14-8-4-12-22-18(14)16/h1-12,23-24H. The molecule has 0 saturated heterocycles. The summed E-state index contributed by atoms with van der Waals surface area (Å²) in [6.07, 6.45) is 3.31. The molecule has 5 nitrogen and oxygen atoms in total. The summed E-state index contributed by atoms with van der Waals surface area (Å²) in [5.41, 5.74) is 2.29. The van der Waals surface area contributed by atoms with Gasteiger partial charge in [0.25, 0.3) is 0 Å². The van der Waals surface area contributed by atoms with Gasteiger partial charge in [0.2, 0.25) is 0 Å². The van der Waals surface area contributed by atoms with Gasteiger partial charge in [-0.3, -0.25) is 9.97 Å². The fraction of sp³-hybridized carbons (Fsp3) is 0. The van der Waals surface area contributed by atoms with Crippen molar-refractivity contribution in [3.8, 4) is 0 Å². The van der Waals surface area contributed by atoms with Gasteiger partial charge in [-0.2, -0.15) is 0 Å². The molecular weight excluding hydrogens is 314 g/mol. The highest BCUT2D eigenvalue weighted by atomic mass is 16.5. The number of hydrogen-bond acceptors (Lipinski definition) is 5. The Kier molecular flexibility index (Phi) is 4.19. The van der Waals surface area contributed by atoms with Gasteiger partial charge in [0, 0.05) is 23.3 Å². The van der Waals surface area contributed by atoms with Gasteiger partial charge >= 0.3 is 14.2 Å². The number of hydrogen-bond donors (Lipinski definition) is 2. The molecule has 0 aliphatic rings. The van der Waals surface area contributed by atoms with Crippen molar-refractivity contribution >= 4 is 47.0 Å². The SMILES string of the molecule is OB(OB(O)c1cccc2cccnc12)c1cccc2cccnc12. The van der Waals surface area contributed by atoms with E-state index in [4.69, 9.17) is 4.57 Å². The van der Waals surface area contributed by atoms with E-state index in [1.165, 1.54) is 0 Å². The Morgan fingerprint density at radius 3 is 1.56 bits per heavy atom. The summed E-state index contributed by atoms with van der Waals surface area (Å²) in [6.45, 7) is 0. The van der Waals surface area contributed by atoms with E-state index in [1.54, 1.807) is 24.5 Å². The molecule has 0 aliphatic carbocycles. The lowest BCUT2D eigenvalue weighted by molar-refractivity contribution is 0.379. The number of nitrogens with zero attached hydrogens (tertiary/aromatic N) is 2. The Morgan fingerprint density at radius 1 is 0.640 bits per heavy atom. The average Bonchev–Trinajstić information content (AvgIpc) is 2.67. The molecule has 0 aliphatic heterocycles. The largest absolute Gasteiger partial charge is 0.480 e. The molecule has 0 spiro atoms. The first-order valence-corrected chi connectivity index (χ1v) is 7.93. The Balaban J connectivity index is 1.66. The summed E-state index contributed by atoms with van der Waals surface area (Å²) in [5.74, 6) is 0. The summed E-state index contributed by atoms with van der Waals surface area (Å²) >= 11 is 0. The van der Waals surface area contributed by atoms with Gasteiger partial charge < -0.3 is 14.6 Å². The van der Waals surface area contributed by atoms with Crippen LogP contribution in [-0.2, 0) is 4.57 Å². The first kappa shape index (κ1) is 15.8. The zero-order valence-corrected chi connectivity index (χ0v) is 13.3. The highest BCUT2D eigenvalue weighted by Crippen LogP contribution is 2.11. The summed E-state index contributed by atoms with van der Waals surface area (Å²) in [4.78, 5) is 8.60. The van der Waals surface area contributed by atoms with Gasteiger partial charge in [0.1, 0.15) is 0 Å². The lowest BCUT2D eigenvalue weighted by Gasteiger charge is -2.14. The fourth-order valence-corrected chi connectivity index (χ4v) is 2.92. The summed E-state index contributed by atoms with van der Waals surface area (Å²) in [7, 11) is -2.62. The highest BCUT2D eigenvalue weighted by Gasteiger charge is 2.29. The maximum absolute atomic E-state index is 10.5. The third-order valence-electron chi connectivity index (χ3n) is 4.12. The predicted octanol–water partition coefficient (Wildman–Crippen LogP) is 0.875. The van der Waals surface area contributed by atoms with Crippen LogP contribution in [0.25, 0.3) is 21.8 Å². The minimum atomic E-state index is -1.31. The number of pyridine rings is 2. The molecular formula is C18H14B2N2O3. The van der Waals surface area contributed by atoms with Crippen LogP contribution in [0.3, 0.4) is 0 Å². The fourth-order valence-electron chi connectivity index (χ4n) is 2.92. The van der Waals surface area contributed by atoms with Crippen molar-refractivity contribution in [1.29, 1.82) is 0 Å². The van der Waals surface area contributed by atoms with Crippen LogP contribution in [0.4, 0.5) is 0 Å². The van der Waals surface area contributed by atoms with E-state index in [2.05, 4.69) is 9.97 Å².